The number of ether oxygens (including phenoxy) is 1. The first-order chi connectivity index (χ1) is 7.29. The third-order valence-electron chi connectivity index (χ3n) is 3.67. The fourth-order valence-corrected chi connectivity index (χ4v) is 2.70. The van der Waals surface area contributed by atoms with Gasteiger partial charge >= 0.3 is 0 Å². The fourth-order valence-electron chi connectivity index (χ4n) is 2.70. The van der Waals surface area contributed by atoms with Crippen LogP contribution in [0.15, 0.2) is 0 Å². The Morgan fingerprint density at radius 2 is 2.00 bits per heavy atom. The van der Waals surface area contributed by atoms with E-state index in [1.165, 1.54) is 32.1 Å². The van der Waals surface area contributed by atoms with Crippen molar-refractivity contribution < 1.29 is 4.74 Å². The van der Waals surface area contributed by atoms with Crippen molar-refractivity contribution in [1.82, 2.24) is 4.90 Å². The van der Waals surface area contributed by atoms with Crippen molar-refractivity contribution in [2.24, 2.45) is 5.92 Å². The van der Waals surface area contributed by atoms with E-state index in [4.69, 9.17) is 10.1 Å². The Morgan fingerprint density at radius 1 is 1.27 bits per heavy atom. The van der Waals surface area contributed by atoms with Crippen molar-refractivity contribution in [2.45, 2.75) is 45.1 Å². The van der Waals surface area contributed by atoms with E-state index in [1.54, 1.807) is 0 Å². The van der Waals surface area contributed by atoms with Gasteiger partial charge < -0.3 is 9.64 Å². The Morgan fingerprint density at radius 3 is 2.67 bits per heavy atom. The number of hydrogen-bond donors (Lipinski definition) is 1. The van der Waals surface area contributed by atoms with Crippen molar-refractivity contribution in [3.8, 4) is 0 Å². The van der Waals surface area contributed by atoms with Crippen molar-refractivity contribution in [1.29, 1.82) is 5.41 Å². The van der Waals surface area contributed by atoms with E-state index in [2.05, 4.69) is 11.8 Å². The summed E-state index contributed by atoms with van der Waals surface area (Å²) in [6.45, 7) is 4.65. The van der Waals surface area contributed by atoms with Gasteiger partial charge in [0.2, 0.25) is 0 Å². The second-order valence-corrected chi connectivity index (χ2v) is 4.84. The molecule has 1 heterocycles. The molecule has 2 fully saturated rings. The topological polar surface area (TPSA) is 36.3 Å². The summed E-state index contributed by atoms with van der Waals surface area (Å²) in [6.07, 6.45) is 6.44. The van der Waals surface area contributed by atoms with Gasteiger partial charge in [-0.05, 0) is 19.8 Å². The normalized spacial score (nSPS) is 29.1. The molecular weight excluding hydrogens is 188 g/mol. The molecule has 0 aromatic carbocycles. The fraction of sp³-hybridized carbons (Fsp3) is 0.917. The molecule has 0 aromatic rings. The maximum absolute atomic E-state index is 8.28. The number of nitrogens with one attached hydrogen (secondary N) is 1. The summed E-state index contributed by atoms with van der Waals surface area (Å²) in [5.41, 5.74) is 0. The number of amidine groups is 1. The first-order valence-corrected chi connectivity index (χ1v) is 6.22. The van der Waals surface area contributed by atoms with Crippen LogP contribution in [0.5, 0.6) is 0 Å². The summed E-state index contributed by atoms with van der Waals surface area (Å²) < 4.78 is 5.41. The van der Waals surface area contributed by atoms with Crippen LogP contribution in [0.2, 0.25) is 0 Å². The van der Waals surface area contributed by atoms with Crippen LogP contribution in [0.25, 0.3) is 0 Å². The molecule has 1 saturated carbocycles. The molecule has 1 N–H and O–H groups in total. The molecule has 3 nitrogen and oxygen atoms in total. The van der Waals surface area contributed by atoms with E-state index in [1.807, 2.05) is 0 Å². The summed E-state index contributed by atoms with van der Waals surface area (Å²) >= 11 is 0. The molecule has 1 atom stereocenters. The van der Waals surface area contributed by atoms with Crippen LogP contribution >= 0.6 is 0 Å². The number of morpholine rings is 1. The Balaban J connectivity index is 1.92. The lowest BCUT2D eigenvalue weighted by Gasteiger charge is -2.38. The lowest BCUT2D eigenvalue weighted by molar-refractivity contribution is 0.0299. The van der Waals surface area contributed by atoms with Crippen LogP contribution < -0.4 is 0 Å². The number of hydrogen-bond acceptors (Lipinski definition) is 2. The highest BCUT2D eigenvalue weighted by atomic mass is 16.5. The Bertz CT molecular complexity index is 224. The second-order valence-electron chi connectivity index (χ2n) is 4.84. The maximum Gasteiger partial charge on any atom is 0.0993 e. The Hall–Kier alpha value is -0.570. The van der Waals surface area contributed by atoms with Crippen molar-refractivity contribution in [3.63, 3.8) is 0 Å². The van der Waals surface area contributed by atoms with Gasteiger partial charge in [0.25, 0.3) is 0 Å². The van der Waals surface area contributed by atoms with Gasteiger partial charge in [-0.2, -0.15) is 0 Å². The molecule has 2 rings (SSSR count). The molecule has 1 aliphatic carbocycles. The molecule has 0 amide bonds. The second kappa shape index (κ2) is 4.97. The minimum absolute atomic E-state index is 0.396. The molecule has 0 spiro atoms. The smallest absolute Gasteiger partial charge is 0.0993 e. The molecule has 1 unspecified atom stereocenters. The molecular formula is C12H22N2O. The first-order valence-electron chi connectivity index (χ1n) is 6.22. The summed E-state index contributed by atoms with van der Waals surface area (Å²) in [4.78, 5) is 2.25. The van der Waals surface area contributed by atoms with E-state index in [9.17, 15) is 0 Å². The summed E-state index contributed by atoms with van der Waals surface area (Å²) in [6, 6.07) is 0.396. The van der Waals surface area contributed by atoms with Crippen LogP contribution in [-0.4, -0.2) is 36.5 Å². The lowest BCUT2D eigenvalue weighted by Crippen LogP contribution is -2.49. The van der Waals surface area contributed by atoms with Crippen molar-refractivity contribution >= 4 is 5.84 Å². The predicted molar refractivity (Wildman–Crippen MR) is 61.3 cm³/mol. The van der Waals surface area contributed by atoms with Crippen LogP contribution in [-0.2, 0) is 4.74 Å². The lowest BCUT2D eigenvalue weighted by atomic mass is 9.87. The third-order valence-corrected chi connectivity index (χ3v) is 3.67. The van der Waals surface area contributed by atoms with E-state index in [0.29, 0.717) is 12.0 Å². The first kappa shape index (κ1) is 10.9. The minimum Gasteiger partial charge on any atom is -0.377 e. The van der Waals surface area contributed by atoms with Gasteiger partial charge in [0.05, 0.1) is 25.1 Å². The van der Waals surface area contributed by atoms with Gasteiger partial charge in [-0.3, -0.25) is 5.41 Å². The van der Waals surface area contributed by atoms with Gasteiger partial charge in [0.15, 0.2) is 0 Å². The quantitative estimate of drug-likeness (QED) is 0.532. The maximum atomic E-state index is 8.28. The van der Waals surface area contributed by atoms with Gasteiger partial charge in [-0.1, -0.05) is 19.3 Å². The van der Waals surface area contributed by atoms with E-state index in [-0.39, 0.29) is 0 Å². The molecule has 1 saturated heterocycles. The van der Waals surface area contributed by atoms with Gasteiger partial charge in [-0.15, -0.1) is 0 Å². The zero-order valence-electron chi connectivity index (χ0n) is 9.67. The Kier molecular flexibility index (Phi) is 3.62. The highest BCUT2D eigenvalue weighted by Crippen LogP contribution is 2.26. The molecule has 15 heavy (non-hydrogen) atoms. The largest absolute Gasteiger partial charge is 0.377 e. The molecule has 0 radical (unpaired) electrons. The summed E-state index contributed by atoms with van der Waals surface area (Å²) in [7, 11) is 0. The average Bonchev–Trinajstić information content (AvgIpc) is 2.30. The van der Waals surface area contributed by atoms with Crippen LogP contribution in [0.1, 0.15) is 39.0 Å². The van der Waals surface area contributed by atoms with Crippen molar-refractivity contribution in [2.75, 3.05) is 19.8 Å². The molecule has 0 aromatic heterocycles. The SMILES string of the molecule is CC1COCCN1C(=N)C1CCCCC1. The molecule has 2 aliphatic rings. The summed E-state index contributed by atoms with van der Waals surface area (Å²) in [5.74, 6) is 1.41. The van der Waals surface area contributed by atoms with E-state index < -0.39 is 0 Å². The van der Waals surface area contributed by atoms with Crippen molar-refractivity contribution in [3.05, 3.63) is 0 Å². The minimum atomic E-state index is 0.396. The van der Waals surface area contributed by atoms with Gasteiger partial charge in [0.1, 0.15) is 0 Å². The molecule has 0 bridgehead atoms. The van der Waals surface area contributed by atoms with Crippen LogP contribution in [0.3, 0.4) is 0 Å². The average molecular weight is 210 g/mol. The number of rotatable bonds is 1. The van der Waals surface area contributed by atoms with Gasteiger partial charge in [0, 0.05) is 12.5 Å². The van der Waals surface area contributed by atoms with Gasteiger partial charge in [-0.25, -0.2) is 0 Å². The number of nitrogens with zero attached hydrogens (tertiary/aromatic N) is 1. The van der Waals surface area contributed by atoms with Crippen LogP contribution in [0.4, 0.5) is 0 Å². The molecule has 86 valence electrons. The predicted octanol–water partition coefficient (Wildman–Crippen LogP) is 2.26. The van der Waals surface area contributed by atoms with E-state index in [0.717, 1.165) is 25.6 Å². The highest BCUT2D eigenvalue weighted by Gasteiger charge is 2.27. The Labute approximate surface area is 92.3 Å². The zero-order valence-corrected chi connectivity index (χ0v) is 9.67. The zero-order chi connectivity index (χ0) is 10.7. The van der Waals surface area contributed by atoms with E-state index >= 15 is 0 Å². The monoisotopic (exact) mass is 210 g/mol. The highest BCUT2D eigenvalue weighted by molar-refractivity contribution is 5.82. The van der Waals surface area contributed by atoms with Crippen LogP contribution in [0, 0.1) is 11.3 Å². The third kappa shape index (κ3) is 2.51. The summed E-state index contributed by atoms with van der Waals surface area (Å²) in [5, 5.41) is 8.28. The standard InChI is InChI=1S/C12H22N2O/c1-10-9-15-8-7-14(10)12(13)11-5-3-2-4-6-11/h10-11,13H,2-9H2,1H3. The molecule has 1 aliphatic heterocycles. The molecule has 3 heteroatoms.